The number of nitrogens with one attached hydrogen (secondary N) is 1. The van der Waals surface area contributed by atoms with Crippen molar-refractivity contribution in [3.8, 4) is 11.3 Å². The standard InChI is InChI=1S/C16H15N3S/c1-10(2)14-15(18-9-19-16(14)20)12-6-5-11-4-3-7-17-13(11)8-12/h3-10H,1-2H3,(H,18,19,20). The minimum Gasteiger partial charge on any atom is -0.346 e. The Hall–Kier alpha value is -2.07. The van der Waals surface area contributed by atoms with E-state index in [0.29, 0.717) is 10.6 Å². The molecule has 3 aromatic rings. The number of hydrogen-bond acceptors (Lipinski definition) is 3. The number of aromatic nitrogens is 3. The third-order valence-corrected chi connectivity index (χ3v) is 3.69. The van der Waals surface area contributed by atoms with Crippen molar-refractivity contribution in [3.05, 3.63) is 53.1 Å². The molecule has 2 heterocycles. The average Bonchev–Trinajstić information content (AvgIpc) is 2.46. The van der Waals surface area contributed by atoms with Crippen LogP contribution >= 0.6 is 12.2 Å². The zero-order valence-electron chi connectivity index (χ0n) is 11.4. The number of rotatable bonds is 2. The van der Waals surface area contributed by atoms with Gasteiger partial charge in [0.2, 0.25) is 0 Å². The lowest BCUT2D eigenvalue weighted by Crippen LogP contribution is -1.98. The molecule has 2 aromatic heterocycles. The highest BCUT2D eigenvalue weighted by molar-refractivity contribution is 7.71. The number of fused-ring (bicyclic) bond motifs is 1. The Morgan fingerprint density at radius 1 is 1.15 bits per heavy atom. The Kier molecular flexibility index (Phi) is 3.32. The molecular weight excluding hydrogens is 266 g/mol. The van der Waals surface area contributed by atoms with Gasteiger partial charge in [-0.1, -0.05) is 44.3 Å². The summed E-state index contributed by atoms with van der Waals surface area (Å²) >= 11 is 5.36. The van der Waals surface area contributed by atoms with Gasteiger partial charge >= 0.3 is 0 Å². The molecule has 3 rings (SSSR count). The first-order valence-electron chi connectivity index (χ1n) is 6.59. The predicted octanol–water partition coefficient (Wildman–Crippen LogP) is 4.48. The van der Waals surface area contributed by atoms with Gasteiger partial charge in [-0.05, 0) is 18.1 Å². The second kappa shape index (κ2) is 5.13. The molecule has 0 unspecified atom stereocenters. The van der Waals surface area contributed by atoms with E-state index in [-0.39, 0.29) is 0 Å². The summed E-state index contributed by atoms with van der Waals surface area (Å²) in [6, 6.07) is 10.3. The molecule has 20 heavy (non-hydrogen) atoms. The van der Waals surface area contributed by atoms with Crippen molar-refractivity contribution in [3.63, 3.8) is 0 Å². The molecule has 0 radical (unpaired) electrons. The van der Waals surface area contributed by atoms with Crippen molar-refractivity contribution >= 4 is 23.1 Å². The smallest absolute Gasteiger partial charge is 0.133 e. The number of H-pyrrole nitrogens is 1. The average molecular weight is 281 g/mol. The van der Waals surface area contributed by atoms with E-state index < -0.39 is 0 Å². The van der Waals surface area contributed by atoms with Gasteiger partial charge in [-0.3, -0.25) is 4.98 Å². The van der Waals surface area contributed by atoms with Crippen LogP contribution in [0.5, 0.6) is 0 Å². The van der Waals surface area contributed by atoms with Crippen molar-refractivity contribution in [1.29, 1.82) is 0 Å². The van der Waals surface area contributed by atoms with Crippen molar-refractivity contribution < 1.29 is 0 Å². The first kappa shape index (κ1) is 12.9. The number of aromatic amines is 1. The molecule has 4 heteroatoms. The van der Waals surface area contributed by atoms with Crippen LogP contribution in [-0.4, -0.2) is 15.0 Å². The van der Waals surface area contributed by atoms with E-state index in [0.717, 1.165) is 27.7 Å². The fraction of sp³-hybridized carbons (Fsp3) is 0.188. The summed E-state index contributed by atoms with van der Waals surface area (Å²) in [6.07, 6.45) is 3.47. The van der Waals surface area contributed by atoms with E-state index in [4.69, 9.17) is 12.2 Å². The summed E-state index contributed by atoms with van der Waals surface area (Å²) in [5.41, 5.74) is 4.19. The Morgan fingerprint density at radius 2 is 2.00 bits per heavy atom. The summed E-state index contributed by atoms with van der Waals surface area (Å²) in [4.78, 5) is 11.8. The molecular formula is C16H15N3S. The van der Waals surface area contributed by atoms with Crippen LogP contribution in [0.15, 0.2) is 42.9 Å². The van der Waals surface area contributed by atoms with Crippen molar-refractivity contribution in [1.82, 2.24) is 15.0 Å². The Bertz CT molecular complexity index is 821. The SMILES string of the molecule is CC(C)c1c(-c2ccc3cccnc3c2)[nH]cnc1=S. The van der Waals surface area contributed by atoms with Gasteiger partial charge in [0.15, 0.2) is 0 Å². The highest BCUT2D eigenvalue weighted by Crippen LogP contribution is 2.29. The van der Waals surface area contributed by atoms with Gasteiger partial charge in [-0.2, -0.15) is 0 Å². The molecule has 0 spiro atoms. The number of nitrogens with zero attached hydrogens (tertiary/aromatic N) is 2. The highest BCUT2D eigenvalue weighted by Gasteiger charge is 2.12. The Labute approximate surface area is 122 Å². The number of benzene rings is 1. The van der Waals surface area contributed by atoms with Crippen LogP contribution in [0.4, 0.5) is 0 Å². The summed E-state index contributed by atoms with van der Waals surface area (Å²) < 4.78 is 0.662. The fourth-order valence-electron chi connectivity index (χ4n) is 2.41. The Morgan fingerprint density at radius 3 is 2.80 bits per heavy atom. The minimum absolute atomic E-state index is 0.321. The summed E-state index contributed by atoms with van der Waals surface area (Å²) in [7, 11) is 0. The van der Waals surface area contributed by atoms with E-state index in [1.165, 1.54) is 0 Å². The number of pyridine rings is 1. The fourth-order valence-corrected chi connectivity index (χ4v) is 2.80. The van der Waals surface area contributed by atoms with E-state index in [1.54, 1.807) is 6.33 Å². The number of hydrogen-bond donors (Lipinski definition) is 1. The Balaban J connectivity index is 2.26. The van der Waals surface area contributed by atoms with Crippen LogP contribution in [0.1, 0.15) is 25.3 Å². The molecule has 0 bridgehead atoms. The van der Waals surface area contributed by atoms with Crippen LogP contribution in [0.25, 0.3) is 22.2 Å². The van der Waals surface area contributed by atoms with Crippen molar-refractivity contribution in [2.45, 2.75) is 19.8 Å². The lowest BCUT2D eigenvalue weighted by Gasteiger charge is -2.12. The van der Waals surface area contributed by atoms with Gasteiger partial charge in [0.05, 0.1) is 17.5 Å². The molecule has 0 aliphatic heterocycles. The maximum atomic E-state index is 5.36. The lowest BCUT2D eigenvalue weighted by molar-refractivity contribution is 0.844. The molecule has 0 aliphatic rings. The maximum Gasteiger partial charge on any atom is 0.133 e. The summed E-state index contributed by atoms with van der Waals surface area (Å²) in [6.45, 7) is 4.26. The van der Waals surface area contributed by atoms with E-state index in [9.17, 15) is 0 Å². The highest BCUT2D eigenvalue weighted by atomic mass is 32.1. The molecule has 1 N–H and O–H groups in total. The van der Waals surface area contributed by atoms with Gasteiger partial charge in [0.1, 0.15) is 4.64 Å². The maximum absolute atomic E-state index is 5.36. The van der Waals surface area contributed by atoms with Crippen molar-refractivity contribution in [2.24, 2.45) is 0 Å². The van der Waals surface area contributed by atoms with Gasteiger partial charge in [0.25, 0.3) is 0 Å². The van der Waals surface area contributed by atoms with Crippen LogP contribution in [0.2, 0.25) is 0 Å². The van der Waals surface area contributed by atoms with Crippen LogP contribution in [-0.2, 0) is 0 Å². The molecule has 0 saturated heterocycles. The summed E-state index contributed by atoms with van der Waals surface area (Å²) in [5, 5.41) is 1.13. The predicted molar refractivity (Wildman–Crippen MR) is 84.2 cm³/mol. The first-order chi connectivity index (χ1) is 9.66. The molecule has 0 amide bonds. The lowest BCUT2D eigenvalue weighted by atomic mass is 9.98. The third kappa shape index (κ3) is 2.23. The van der Waals surface area contributed by atoms with Crippen LogP contribution in [0, 0.1) is 4.64 Å². The van der Waals surface area contributed by atoms with E-state index >= 15 is 0 Å². The van der Waals surface area contributed by atoms with Gasteiger partial charge in [-0.25, -0.2) is 4.98 Å². The zero-order valence-corrected chi connectivity index (χ0v) is 12.2. The molecule has 3 nitrogen and oxygen atoms in total. The molecule has 0 saturated carbocycles. The molecule has 100 valence electrons. The molecule has 1 aromatic carbocycles. The van der Waals surface area contributed by atoms with E-state index in [1.807, 2.05) is 12.3 Å². The normalized spacial score (nSPS) is 11.2. The third-order valence-electron chi connectivity index (χ3n) is 3.36. The zero-order chi connectivity index (χ0) is 14.1. The minimum atomic E-state index is 0.321. The molecule has 0 fully saturated rings. The summed E-state index contributed by atoms with van der Waals surface area (Å²) in [5.74, 6) is 0.321. The molecule has 0 aliphatic carbocycles. The van der Waals surface area contributed by atoms with Gasteiger partial charge in [0, 0.05) is 22.7 Å². The van der Waals surface area contributed by atoms with Crippen LogP contribution < -0.4 is 0 Å². The second-order valence-corrected chi connectivity index (χ2v) is 5.45. The van der Waals surface area contributed by atoms with Crippen molar-refractivity contribution in [2.75, 3.05) is 0 Å². The first-order valence-corrected chi connectivity index (χ1v) is 7.00. The monoisotopic (exact) mass is 281 g/mol. The van der Waals surface area contributed by atoms with Gasteiger partial charge < -0.3 is 4.98 Å². The second-order valence-electron chi connectivity index (χ2n) is 5.06. The topological polar surface area (TPSA) is 41.6 Å². The van der Waals surface area contributed by atoms with Crippen LogP contribution in [0.3, 0.4) is 0 Å². The largest absolute Gasteiger partial charge is 0.346 e. The van der Waals surface area contributed by atoms with Gasteiger partial charge in [-0.15, -0.1) is 0 Å². The molecule has 0 atom stereocenters. The van der Waals surface area contributed by atoms with E-state index in [2.05, 4.69) is 53.1 Å². The quantitative estimate of drug-likeness (QED) is 0.704.